The molecule has 0 radical (unpaired) electrons. The van der Waals surface area contributed by atoms with Crippen LogP contribution in [0.4, 0.5) is 0 Å². The fraction of sp³-hybridized carbons (Fsp3) is 0.667. The molecule has 0 amide bonds. The van der Waals surface area contributed by atoms with Crippen molar-refractivity contribution in [1.82, 2.24) is 9.78 Å². The minimum atomic E-state index is -0.889. The van der Waals surface area contributed by atoms with E-state index < -0.39 is 5.54 Å². The number of carbonyl (C=O) groups excluding carboxylic acids is 1. The van der Waals surface area contributed by atoms with Crippen LogP contribution in [-0.2, 0) is 0 Å². The van der Waals surface area contributed by atoms with Gasteiger partial charge < -0.3 is 10.5 Å². The van der Waals surface area contributed by atoms with Crippen LogP contribution in [0.3, 0.4) is 0 Å². The highest BCUT2D eigenvalue weighted by Gasteiger charge is 2.33. The lowest BCUT2D eigenvalue weighted by atomic mass is 9.92. The first-order chi connectivity index (χ1) is 7.85. The standard InChI is InChI=1S/C12H21N3O2/c1-6-12(4,13)11(16)10-9(17-5)7-14-15(10)8(2)3/h7-8H,6,13H2,1-5H3. The van der Waals surface area contributed by atoms with Crippen molar-refractivity contribution in [3.8, 4) is 5.75 Å². The Bertz CT molecular complexity index is 408. The van der Waals surface area contributed by atoms with Crippen LogP contribution >= 0.6 is 0 Å². The molecule has 0 bridgehead atoms. The van der Waals surface area contributed by atoms with E-state index in [1.54, 1.807) is 17.8 Å². The fourth-order valence-corrected chi connectivity index (χ4v) is 1.53. The Morgan fingerprint density at radius 1 is 1.65 bits per heavy atom. The molecule has 0 aliphatic heterocycles. The maximum absolute atomic E-state index is 12.4. The average Bonchev–Trinajstić information content (AvgIpc) is 2.71. The fourth-order valence-electron chi connectivity index (χ4n) is 1.53. The number of Topliss-reactive ketones (excluding diaryl/α,β-unsaturated/α-hetero) is 1. The summed E-state index contributed by atoms with van der Waals surface area (Å²) < 4.78 is 6.83. The van der Waals surface area contributed by atoms with E-state index in [0.29, 0.717) is 17.9 Å². The van der Waals surface area contributed by atoms with Crippen molar-refractivity contribution in [3.05, 3.63) is 11.9 Å². The first-order valence-corrected chi connectivity index (χ1v) is 5.80. The minimum absolute atomic E-state index is 0.0884. The van der Waals surface area contributed by atoms with E-state index >= 15 is 0 Å². The van der Waals surface area contributed by atoms with Crippen LogP contribution in [0, 0.1) is 0 Å². The van der Waals surface area contributed by atoms with E-state index in [-0.39, 0.29) is 11.8 Å². The molecule has 0 saturated carbocycles. The van der Waals surface area contributed by atoms with E-state index in [1.807, 2.05) is 20.8 Å². The summed E-state index contributed by atoms with van der Waals surface area (Å²) in [6.45, 7) is 7.54. The molecular weight excluding hydrogens is 218 g/mol. The van der Waals surface area contributed by atoms with Gasteiger partial charge in [0.25, 0.3) is 0 Å². The molecule has 1 aromatic rings. The normalized spacial score (nSPS) is 14.8. The molecule has 5 nitrogen and oxygen atoms in total. The molecule has 1 aromatic heterocycles. The topological polar surface area (TPSA) is 70.1 Å². The molecule has 1 unspecified atom stereocenters. The molecule has 1 heterocycles. The van der Waals surface area contributed by atoms with Gasteiger partial charge in [-0.2, -0.15) is 5.10 Å². The number of ketones is 1. The van der Waals surface area contributed by atoms with Crippen LogP contribution in [0.15, 0.2) is 6.20 Å². The molecule has 5 heteroatoms. The van der Waals surface area contributed by atoms with Gasteiger partial charge in [0.15, 0.2) is 5.75 Å². The second kappa shape index (κ2) is 4.87. The first kappa shape index (κ1) is 13.7. The zero-order valence-electron chi connectivity index (χ0n) is 11.2. The quantitative estimate of drug-likeness (QED) is 0.795. The third-order valence-corrected chi connectivity index (χ3v) is 2.94. The van der Waals surface area contributed by atoms with Gasteiger partial charge in [-0.25, -0.2) is 0 Å². The summed E-state index contributed by atoms with van der Waals surface area (Å²) in [5.41, 5.74) is 5.56. The molecule has 1 atom stereocenters. The molecule has 17 heavy (non-hydrogen) atoms. The van der Waals surface area contributed by atoms with Crippen LogP contribution in [0.5, 0.6) is 5.75 Å². The van der Waals surface area contributed by atoms with Gasteiger partial charge in [-0.05, 0) is 27.2 Å². The molecule has 0 aromatic carbocycles. The van der Waals surface area contributed by atoms with E-state index in [0.717, 1.165) is 0 Å². The van der Waals surface area contributed by atoms with Crippen molar-refractivity contribution >= 4 is 5.78 Å². The predicted octanol–water partition coefficient (Wildman–Crippen LogP) is 1.78. The molecule has 0 aliphatic carbocycles. The number of rotatable bonds is 5. The maximum Gasteiger partial charge on any atom is 0.204 e. The van der Waals surface area contributed by atoms with Gasteiger partial charge in [-0.3, -0.25) is 9.48 Å². The molecule has 1 rings (SSSR count). The SMILES string of the molecule is CCC(C)(N)C(=O)c1c(OC)cnn1C(C)C. The number of hydrogen-bond donors (Lipinski definition) is 1. The summed E-state index contributed by atoms with van der Waals surface area (Å²) in [4.78, 5) is 12.4. The Morgan fingerprint density at radius 2 is 2.24 bits per heavy atom. The van der Waals surface area contributed by atoms with Crippen molar-refractivity contribution in [2.24, 2.45) is 5.73 Å². The minimum Gasteiger partial charge on any atom is -0.493 e. The van der Waals surface area contributed by atoms with Gasteiger partial charge in [0.2, 0.25) is 5.78 Å². The summed E-state index contributed by atoms with van der Waals surface area (Å²) in [7, 11) is 1.53. The molecule has 96 valence electrons. The smallest absolute Gasteiger partial charge is 0.204 e. The molecule has 2 N–H and O–H groups in total. The zero-order valence-corrected chi connectivity index (χ0v) is 11.2. The van der Waals surface area contributed by atoms with Gasteiger partial charge in [0.1, 0.15) is 5.69 Å². The first-order valence-electron chi connectivity index (χ1n) is 5.80. The lowest BCUT2D eigenvalue weighted by Crippen LogP contribution is -2.45. The van der Waals surface area contributed by atoms with Crippen molar-refractivity contribution in [1.29, 1.82) is 0 Å². The largest absolute Gasteiger partial charge is 0.493 e. The summed E-state index contributed by atoms with van der Waals surface area (Å²) in [5, 5.41) is 4.17. The number of nitrogens with zero attached hydrogens (tertiary/aromatic N) is 2. The zero-order chi connectivity index (χ0) is 13.2. The summed E-state index contributed by atoms with van der Waals surface area (Å²) in [6.07, 6.45) is 2.12. The average molecular weight is 239 g/mol. The summed E-state index contributed by atoms with van der Waals surface area (Å²) in [6, 6.07) is 0.0884. The lowest BCUT2D eigenvalue weighted by Gasteiger charge is -2.22. The van der Waals surface area contributed by atoms with Gasteiger partial charge >= 0.3 is 0 Å². The van der Waals surface area contributed by atoms with Gasteiger partial charge in [0, 0.05) is 6.04 Å². The highest BCUT2D eigenvalue weighted by atomic mass is 16.5. The van der Waals surface area contributed by atoms with Crippen LogP contribution in [0.25, 0.3) is 0 Å². The molecule has 0 spiro atoms. The highest BCUT2D eigenvalue weighted by Crippen LogP contribution is 2.25. The number of hydrogen-bond acceptors (Lipinski definition) is 4. The Morgan fingerprint density at radius 3 is 2.65 bits per heavy atom. The summed E-state index contributed by atoms with van der Waals surface area (Å²) in [5.74, 6) is 0.344. The molecule has 0 saturated heterocycles. The van der Waals surface area contributed by atoms with E-state index in [9.17, 15) is 4.79 Å². The molecular formula is C12H21N3O2. The Hall–Kier alpha value is -1.36. The van der Waals surface area contributed by atoms with Crippen molar-refractivity contribution < 1.29 is 9.53 Å². The van der Waals surface area contributed by atoms with Gasteiger partial charge in [-0.1, -0.05) is 6.92 Å². The van der Waals surface area contributed by atoms with Gasteiger partial charge in [-0.15, -0.1) is 0 Å². The van der Waals surface area contributed by atoms with E-state index in [2.05, 4.69) is 5.10 Å². The number of methoxy groups -OCH3 is 1. The third kappa shape index (κ3) is 2.49. The summed E-state index contributed by atoms with van der Waals surface area (Å²) >= 11 is 0. The molecule has 0 fully saturated rings. The van der Waals surface area contributed by atoms with Crippen molar-refractivity contribution in [2.45, 2.75) is 45.7 Å². The van der Waals surface area contributed by atoms with Crippen LogP contribution in [-0.4, -0.2) is 28.2 Å². The lowest BCUT2D eigenvalue weighted by molar-refractivity contribution is 0.0881. The number of ether oxygens (including phenoxy) is 1. The Kier molecular flexibility index (Phi) is 3.93. The second-order valence-electron chi connectivity index (χ2n) is 4.70. The number of nitrogens with two attached hydrogens (primary N) is 1. The highest BCUT2D eigenvalue weighted by molar-refractivity contribution is 6.03. The Balaban J connectivity index is 3.28. The van der Waals surface area contributed by atoms with Crippen molar-refractivity contribution in [3.63, 3.8) is 0 Å². The van der Waals surface area contributed by atoms with Crippen LogP contribution in [0.1, 0.15) is 50.6 Å². The van der Waals surface area contributed by atoms with Gasteiger partial charge in [0.05, 0.1) is 18.8 Å². The predicted molar refractivity (Wildman–Crippen MR) is 66.4 cm³/mol. The van der Waals surface area contributed by atoms with Crippen LogP contribution < -0.4 is 10.5 Å². The van der Waals surface area contributed by atoms with Crippen LogP contribution in [0.2, 0.25) is 0 Å². The Labute approximate surface area is 102 Å². The number of carbonyl (C=O) groups is 1. The van der Waals surface area contributed by atoms with Crippen molar-refractivity contribution in [2.75, 3.05) is 7.11 Å². The number of aromatic nitrogens is 2. The monoisotopic (exact) mass is 239 g/mol. The third-order valence-electron chi connectivity index (χ3n) is 2.94. The maximum atomic E-state index is 12.4. The van der Waals surface area contributed by atoms with E-state index in [1.165, 1.54) is 7.11 Å². The van der Waals surface area contributed by atoms with E-state index in [4.69, 9.17) is 10.5 Å². The molecule has 0 aliphatic rings. The second-order valence-corrected chi connectivity index (χ2v) is 4.70.